The first-order valence-electron chi connectivity index (χ1n) is 10.1. The van der Waals surface area contributed by atoms with Crippen LogP contribution in [0.15, 0.2) is 47.8 Å². The van der Waals surface area contributed by atoms with Crippen molar-refractivity contribution in [3.8, 4) is 22.8 Å². The summed E-state index contributed by atoms with van der Waals surface area (Å²) in [6, 6.07) is 13.4. The maximum atomic E-state index is 13.3. The highest BCUT2D eigenvalue weighted by atomic mass is 32.1. The van der Waals surface area contributed by atoms with E-state index in [1.165, 1.54) is 11.3 Å². The van der Waals surface area contributed by atoms with Gasteiger partial charge in [-0.2, -0.15) is 0 Å². The SMILES string of the molecule is COc1ccc(-c2csc(NC(=O)c3c4c(nc5ccccc35)CCC4)n2)c(OC)c1. The van der Waals surface area contributed by atoms with Gasteiger partial charge in [-0.3, -0.25) is 15.1 Å². The Morgan fingerprint density at radius 3 is 2.77 bits per heavy atom. The van der Waals surface area contributed by atoms with Crippen molar-refractivity contribution in [2.45, 2.75) is 19.3 Å². The zero-order valence-corrected chi connectivity index (χ0v) is 18.1. The van der Waals surface area contributed by atoms with E-state index in [4.69, 9.17) is 14.5 Å². The van der Waals surface area contributed by atoms with E-state index in [-0.39, 0.29) is 5.91 Å². The summed E-state index contributed by atoms with van der Waals surface area (Å²) in [6.45, 7) is 0. The molecular weight excluding hydrogens is 410 g/mol. The third-order valence-corrected chi connectivity index (χ3v) is 6.31. The van der Waals surface area contributed by atoms with E-state index in [0.29, 0.717) is 16.6 Å². The molecule has 0 atom stereocenters. The summed E-state index contributed by atoms with van der Waals surface area (Å²) >= 11 is 1.39. The van der Waals surface area contributed by atoms with E-state index in [9.17, 15) is 4.79 Å². The number of benzene rings is 2. The molecule has 5 rings (SSSR count). The van der Waals surface area contributed by atoms with Crippen LogP contribution in [0.3, 0.4) is 0 Å². The van der Waals surface area contributed by atoms with Crippen LogP contribution in [0, 0.1) is 0 Å². The molecule has 31 heavy (non-hydrogen) atoms. The predicted octanol–water partition coefficient (Wildman–Crippen LogP) is 5.12. The molecule has 0 saturated carbocycles. The van der Waals surface area contributed by atoms with Gasteiger partial charge in [0.05, 0.1) is 31.0 Å². The number of carbonyl (C=O) groups is 1. The summed E-state index contributed by atoms with van der Waals surface area (Å²) < 4.78 is 10.8. The number of amides is 1. The Hall–Kier alpha value is -3.45. The number of nitrogens with zero attached hydrogens (tertiary/aromatic N) is 2. The number of ether oxygens (including phenoxy) is 2. The summed E-state index contributed by atoms with van der Waals surface area (Å²) in [4.78, 5) is 22.7. The van der Waals surface area contributed by atoms with Gasteiger partial charge in [-0.1, -0.05) is 18.2 Å². The van der Waals surface area contributed by atoms with Crippen molar-refractivity contribution in [2.75, 3.05) is 19.5 Å². The van der Waals surface area contributed by atoms with Crippen LogP contribution < -0.4 is 14.8 Å². The number of aromatic nitrogens is 2. The average molecular weight is 432 g/mol. The molecule has 0 spiro atoms. The molecule has 0 fully saturated rings. The molecule has 1 aliphatic rings. The molecule has 4 aromatic rings. The number of carbonyl (C=O) groups excluding carboxylic acids is 1. The van der Waals surface area contributed by atoms with Gasteiger partial charge in [-0.15, -0.1) is 11.3 Å². The Bertz CT molecular complexity index is 1300. The zero-order valence-electron chi connectivity index (χ0n) is 17.3. The maximum absolute atomic E-state index is 13.3. The number of pyridine rings is 1. The minimum atomic E-state index is -0.139. The summed E-state index contributed by atoms with van der Waals surface area (Å²) in [6.07, 6.45) is 2.82. The molecule has 1 N–H and O–H groups in total. The van der Waals surface area contributed by atoms with Gasteiger partial charge in [0.15, 0.2) is 5.13 Å². The largest absolute Gasteiger partial charge is 0.497 e. The predicted molar refractivity (Wildman–Crippen MR) is 122 cm³/mol. The molecule has 156 valence electrons. The third kappa shape index (κ3) is 3.51. The van der Waals surface area contributed by atoms with Crippen molar-refractivity contribution in [3.63, 3.8) is 0 Å². The minimum absolute atomic E-state index is 0.139. The van der Waals surface area contributed by atoms with Crippen LogP contribution in [0.4, 0.5) is 5.13 Å². The van der Waals surface area contributed by atoms with E-state index in [2.05, 4.69) is 10.3 Å². The average Bonchev–Trinajstić information content (AvgIpc) is 3.46. The smallest absolute Gasteiger partial charge is 0.258 e. The molecule has 0 saturated heterocycles. The molecule has 7 heteroatoms. The number of anilines is 1. The summed E-state index contributed by atoms with van der Waals surface area (Å²) in [7, 11) is 3.23. The highest BCUT2D eigenvalue weighted by molar-refractivity contribution is 7.14. The molecule has 6 nitrogen and oxygen atoms in total. The minimum Gasteiger partial charge on any atom is -0.497 e. The summed E-state index contributed by atoms with van der Waals surface area (Å²) in [5.74, 6) is 1.24. The first-order chi connectivity index (χ1) is 15.2. The molecule has 1 amide bonds. The van der Waals surface area contributed by atoms with E-state index in [1.807, 2.05) is 47.8 Å². The number of methoxy groups -OCH3 is 2. The van der Waals surface area contributed by atoms with Gasteiger partial charge in [0.25, 0.3) is 5.91 Å². The van der Waals surface area contributed by atoms with Crippen LogP contribution in [0.25, 0.3) is 22.2 Å². The monoisotopic (exact) mass is 431 g/mol. The standard InChI is InChI=1S/C24H21N3O3S/c1-29-14-10-11-15(21(12-14)30-2)20-13-31-24(26-20)27-23(28)22-16-6-3-4-8-18(16)25-19-9-5-7-17(19)22/h3-4,6,8,10-13H,5,7,9H2,1-2H3,(H,26,27,28). The fourth-order valence-corrected chi connectivity index (χ4v) is 4.80. The van der Waals surface area contributed by atoms with Crippen LogP contribution in [-0.4, -0.2) is 30.1 Å². The van der Waals surface area contributed by atoms with Crippen molar-refractivity contribution in [1.29, 1.82) is 0 Å². The fraction of sp³-hybridized carbons (Fsp3) is 0.208. The van der Waals surface area contributed by atoms with Gasteiger partial charge in [0.2, 0.25) is 0 Å². The molecule has 0 unspecified atom stereocenters. The van der Waals surface area contributed by atoms with Crippen LogP contribution in [0.1, 0.15) is 28.0 Å². The first-order valence-corrected chi connectivity index (χ1v) is 11.0. The Kier molecular flexibility index (Phi) is 5.03. The zero-order chi connectivity index (χ0) is 21.4. The van der Waals surface area contributed by atoms with E-state index in [1.54, 1.807) is 14.2 Å². The number of hydrogen-bond acceptors (Lipinski definition) is 6. The van der Waals surface area contributed by atoms with Crippen molar-refractivity contribution in [2.24, 2.45) is 0 Å². The van der Waals surface area contributed by atoms with Crippen molar-refractivity contribution < 1.29 is 14.3 Å². The van der Waals surface area contributed by atoms with Gasteiger partial charge in [-0.25, -0.2) is 4.98 Å². The molecule has 2 heterocycles. The normalized spacial score (nSPS) is 12.6. The lowest BCUT2D eigenvalue weighted by atomic mass is 10.0. The molecular formula is C24H21N3O3S. The quantitative estimate of drug-likeness (QED) is 0.475. The second-order valence-corrected chi connectivity index (χ2v) is 8.20. The van der Waals surface area contributed by atoms with Crippen molar-refractivity contribution in [1.82, 2.24) is 9.97 Å². The number of fused-ring (bicyclic) bond motifs is 2. The Morgan fingerprint density at radius 1 is 1.06 bits per heavy atom. The van der Waals surface area contributed by atoms with Crippen LogP contribution >= 0.6 is 11.3 Å². The summed E-state index contributed by atoms with van der Waals surface area (Å²) in [5.41, 5.74) is 5.25. The molecule has 2 aromatic carbocycles. The molecule has 0 bridgehead atoms. The van der Waals surface area contributed by atoms with Crippen LogP contribution in [-0.2, 0) is 12.8 Å². The highest BCUT2D eigenvalue weighted by Gasteiger charge is 2.24. The number of rotatable bonds is 5. The van der Waals surface area contributed by atoms with E-state index in [0.717, 1.165) is 58.2 Å². The molecule has 0 radical (unpaired) electrons. The Labute approximate surface area is 183 Å². The second kappa shape index (κ2) is 8.00. The lowest BCUT2D eigenvalue weighted by molar-refractivity contribution is 0.102. The fourth-order valence-electron chi connectivity index (χ4n) is 4.09. The number of thiazole rings is 1. The van der Waals surface area contributed by atoms with Crippen LogP contribution in [0.2, 0.25) is 0 Å². The van der Waals surface area contributed by atoms with Gasteiger partial charge in [-0.05, 0) is 43.0 Å². The number of nitrogens with one attached hydrogen (secondary N) is 1. The van der Waals surface area contributed by atoms with Gasteiger partial charge in [0.1, 0.15) is 11.5 Å². The molecule has 2 aromatic heterocycles. The number of para-hydroxylation sites is 1. The number of hydrogen-bond donors (Lipinski definition) is 1. The van der Waals surface area contributed by atoms with Crippen molar-refractivity contribution >= 4 is 33.3 Å². The van der Waals surface area contributed by atoms with E-state index < -0.39 is 0 Å². The first kappa shape index (κ1) is 19.5. The molecule has 1 aliphatic carbocycles. The number of aryl methyl sites for hydroxylation is 1. The highest BCUT2D eigenvalue weighted by Crippen LogP contribution is 2.35. The lowest BCUT2D eigenvalue weighted by Crippen LogP contribution is -2.15. The van der Waals surface area contributed by atoms with E-state index >= 15 is 0 Å². The lowest BCUT2D eigenvalue weighted by Gasteiger charge is -2.11. The maximum Gasteiger partial charge on any atom is 0.258 e. The molecule has 0 aliphatic heterocycles. The Morgan fingerprint density at radius 2 is 1.94 bits per heavy atom. The summed E-state index contributed by atoms with van der Waals surface area (Å²) in [5, 5.41) is 6.35. The topological polar surface area (TPSA) is 73.3 Å². The van der Waals surface area contributed by atoms with Crippen LogP contribution in [0.5, 0.6) is 11.5 Å². The van der Waals surface area contributed by atoms with Gasteiger partial charge >= 0.3 is 0 Å². The Balaban J connectivity index is 1.48. The third-order valence-electron chi connectivity index (χ3n) is 5.56. The van der Waals surface area contributed by atoms with Gasteiger partial charge < -0.3 is 9.47 Å². The van der Waals surface area contributed by atoms with Crippen molar-refractivity contribution in [3.05, 3.63) is 64.7 Å². The van der Waals surface area contributed by atoms with Gasteiger partial charge in [0, 0.05) is 28.1 Å². The second-order valence-electron chi connectivity index (χ2n) is 7.34.